The first-order valence-electron chi connectivity index (χ1n) is 4.50. The van der Waals surface area contributed by atoms with E-state index < -0.39 is 0 Å². The van der Waals surface area contributed by atoms with Gasteiger partial charge in [0.15, 0.2) is 0 Å². The van der Waals surface area contributed by atoms with Gasteiger partial charge < -0.3 is 5.73 Å². The highest BCUT2D eigenvalue weighted by atomic mass is 35.5. The van der Waals surface area contributed by atoms with Crippen LogP contribution in [0.15, 0.2) is 24.3 Å². The predicted octanol–water partition coefficient (Wildman–Crippen LogP) is 3.17. The van der Waals surface area contributed by atoms with Crippen LogP contribution >= 0.6 is 11.6 Å². The molecule has 1 aromatic carbocycles. The van der Waals surface area contributed by atoms with Crippen LogP contribution in [0.4, 0.5) is 0 Å². The standard InChI is InChI=1S/C11H16ClN/c1-8(2)11(3,13)9-6-4-5-7-10(9)12/h4-8H,13H2,1-3H3. The third-order valence-electron chi connectivity index (χ3n) is 2.65. The van der Waals surface area contributed by atoms with Gasteiger partial charge in [-0.25, -0.2) is 0 Å². The van der Waals surface area contributed by atoms with Crippen LogP contribution in [0.3, 0.4) is 0 Å². The van der Waals surface area contributed by atoms with Crippen molar-refractivity contribution in [2.45, 2.75) is 26.3 Å². The zero-order valence-corrected chi connectivity index (χ0v) is 9.10. The van der Waals surface area contributed by atoms with E-state index in [0.29, 0.717) is 5.92 Å². The topological polar surface area (TPSA) is 26.0 Å². The molecule has 0 fully saturated rings. The summed E-state index contributed by atoms with van der Waals surface area (Å²) in [5, 5.41) is 0.751. The smallest absolute Gasteiger partial charge is 0.0456 e. The minimum absolute atomic E-state index is 0.349. The fourth-order valence-electron chi connectivity index (χ4n) is 1.21. The van der Waals surface area contributed by atoms with Crippen molar-refractivity contribution < 1.29 is 0 Å². The molecule has 13 heavy (non-hydrogen) atoms. The summed E-state index contributed by atoms with van der Waals surface area (Å²) in [6, 6.07) is 7.75. The highest BCUT2D eigenvalue weighted by Gasteiger charge is 2.26. The Labute approximate surface area is 84.9 Å². The lowest BCUT2D eigenvalue weighted by molar-refractivity contribution is 0.351. The number of hydrogen-bond donors (Lipinski definition) is 1. The lowest BCUT2D eigenvalue weighted by atomic mass is 9.83. The normalized spacial score (nSPS) is 15.8. The number of halogens is 1. The van der Waals surface area contributed by atoms with Crippen molar-refractivity contribution in [3.8, 4) is 0 Å². The number of nitrogens with two attached hydrogens (primary N) is 1. The number of hydrogen-bond acceptors (Lipinski definition) is 1. The molecule has 0 heterocycles. The Morgan fingerprint density at radius 1 is 1.31 bits per heavy atom. The third kappa shape index (κ3) is 2.04. The average molecular weight is 198 g/mol. The van der Waals surface area contributed by atoms with Crippen molar-refractivity contribution in [3.05, 3.63) is 34.9 Å². The molecular formula is C11H16ClN. The lowest BCUT2D eigenvalue weighted by Crippen LogP contribution is -2.38. The Morgan fingerprint density at radius 2 is 1.85 bits per heavy atom. The molecule has 0 aliphatic rings. The molecule has 1 atom stereocenters. The van der Waals surface area contributed by atoms with Crippen LogP contribution in [-0.2, 0) is 5.54 Å². The van der Waals surface area contributed by atoms with Gasteiger partial charge in [0.25, 0.3) is 0 Å². The molecule has 1 nitrogen and oxygen atoms in total. The van der Waals surface area contributed by atoms with Gasteiger partial charge in [0.2, 0.25) is 0 Å². The summed E-state index contributed by atoms with van der Waals surface area (Å²) in [6.07, 6.45) is 0. The first-order valence-corrected chi connectivity index (χ1v) is 4.88. The van der Waals surface area contributed by atoms with E-state index in [4.69, 9.17) is 17.3 Å². The van der Waals surface area contributed by atoms with Gasteiger partial charge in [0.1, 0.15) is 0 Å². The summed E-state index contributed by atoms with van der Waals surface area (Å²) in [7, 11) is 0. The van der Waals surface area contributed by atoms with Gasteiger partial charge in [-0.15, -0.1) is 0 Å². The van der Waals surface area contributed by atoms with Crippen LogP contribution in [0, 0.1) is 5.92 Å². The van der Waals surface area contributed by atoms with E-state index >= 15 is 0 Å². The van der Waals surface area contributed by atoms with Crippen LogP contribution < -0.4 is 5.73 Å². The van der Waals surface area contributed by atoms with Crippen LogP contribution in [0.5, 0.6) is 0 Å². The molecule has 2 N–H and O–H groups in total. The summed E-state index contributed by atoms with van der Waals surface area (Å²) in [4.78, 5) is 0. The Bertz CT molecular complexity index is 292. The zero-order chi connectivity index (χ0) is 10.1. The van der Waals surface area contributed by atoms with Gasteiger partial charge >= 0.3 is 0 Å². The van der Waals surface area contributed by atoms with Gasteiger partial charge in [-0.1, -0.05) is 43.6 Å². The second-order valence-electron chi connectivity index (χ2n) is 3.92. The van der Waals surface area contributed by atoms with Crippen molar-refractivity contribution >= 4 is 11.6 Å². The molecule has 0 radical (unpaired) electrons. The molecule has 1 rings (SSSR count). The van der Waals surface area contributed by atoms with E-state index in [2.05, 4.69) is 13.8 Å². The average Bonchev–Trinajstić information content (AvgIpc) is 2.04. The second-order valence-corrected chi connectivity index (χ2v) is 4.32. The van der Waals surface area contributed by atoms with Crippen LogP contribution in [0.1, 0.15) is 26.3 Å². The Hall–Kier alpha value is -0.530. The maximum Gasteiger partial charge on any atom is 0.0456 e. The van der Waals surface area contributed by atoms with Crippen molar-refractivity contribution in [2.75, 3.05) is 0 Å². The zero-order valence-electron chi connectivity index (χ0n) is 8.34. The van der Waals surface area contributed by atoms with Gasteiger partial charge in [0.05, 0.1) is 0 Å². The molecule has 0 amide bonds. The van der Waals surface area contributed by atoms with Crippen molar-refractivity contribution in [2.24, 2.45) is 11.7 Å². The largest absolute Gasteiger partial charge is 0.321 e. The fraction of sp³-hybridized carbons (Fsp3) is 0.455. The molecule has 0 aromatic heterocycles. The SMILES string of the molecule is CC(C)C(C)(N)c1ccccc1Cl. The molecule has 0 bridgehead atoms. The fourth-order valence-corrected chi connectivity index (χ4v) is 1.55. The van der Waals surface area contributed by atoms with E-state index in [0.717, 1.165) is 10.6 Å². The molecule has 0 saturated heterocycles. The van der Waals surface area contributed by atoms with Gasteiger partial charge in [-0.3, -0.25) is 0 Å². The predicted molar refractivity (Wildman–Crippen MR) is 57.8 cm³/mol. The Kier molecular flexibility index (Phi) is 2.99. The van der Waals surface area contributed by atoms with E-state index in [9.17, 15) is 0 Å². The van der Waals surface area contributed by atoms with E-state index in [-0.39, 0.29) is 5.54 Å². The highest BCUT2D eigenvalue weighted by molar-refractivity contribution is 6.31. The maximum atomic E-state index is 6.20. The summed E-state index contributed by atoms with van der Waals surface area (Å²) < 4.78 is 0. The summed E-state index contributed by atoms with van der Waals surface area (Å²) in [5.74, 6) is 0.368. The highest BCUT2D eigenvalue weighted by Crippen LogP contribution is 2.31. The molecule has 2 heteroatoms. The molecule has 0 aliphatic heterocycles. The molecule has 0 spiro atoms. The van der Waals surface area contributed by atoms with Crippen LogP contribution in [-0.4, -0.2) is 0 Å². The van der Waals surface area contributed by atoms with Crippen molar-refractivity contribution in [3.63, 3.8) is 0 Å². The number of rotatable bonds is 2. The van der Waals surface area contributed by atoms with Crippen molar-refractivity contribution in [1.82, 2.24) is 0 Å². The first-order chi connectivity index (χ1) is 5.96. The minimum Gasteiger partial charge on any atom is -0.321 e. The Balaban J connectivity index is 3.14. The summed E-state index contributed by atoms with van der Waals surface area (Å²) in [6.45, 7) is 6.21. The number of benzene rings is 1. The molecule has 72 valence electrons. The minimum atomic E-state index is -0.349. The molecule has 1 aromatic rings. The lowest BCUT2D eigenvalue weighted by Gasteiger charge is -2.30. The maximum absolute atomic E-state index is 6.20. The third-order valence-corrected chi connectivity index (χ3v) is 2.98. The van der Waals surface area contributed by atoms with E-state index in [1.165, 1.54) is 0 Å². The second kappa shape index (κ2) is 3.69. The summed E-state index contributed by atoms with van der Waals surface area (Å²) in [5.41, 5.74) is 6.87. The molecule has 0 saturated carbocycles. The molecule has 1 unspecified atom stereocenters. The summed E-state index contributed by atoms with van der Waals surface area (Å²) >= 11 is 6.07. The van der Waals surface area contributed by atoms with Crippen molar-refractivity contribution in [1.29, 1.82) is 0 Å². The van der Waals surface area contributed by atoms with Gasteiger partial charge in [-0.2, -0.15) is 0 Å². The quantitative estimate of drug-likeness (QED) is 0.775. The van der Waals surface area contributed by atoms with Crippen LogP contribution in [0.25, 0.3) is 0 Å². The first kappa shape index (κ1) is 10.6. The van der Waals surface area contributed by atoms with Gasteiger partial charge in [-0.05, 0) is 24.5 Å². The van der Waals surface area contributed by atoms with Gasteiger partial charge in [0, 0.05) is 10.6 Å². The molecular weight excluding hydrogens is 182 g/mol. The van der Waals surface area contributed by atoms with Crippen LogP contribution in [0.2, 0.25) is 5.02 Å². The Morgan fingerprint density at radius 3 is 2.31 bits per heavy atom. The monoisotopic (exact) mass is 197 g/mol. The van der Waals surface area contributed by atoms with E-state index in [1.54, 1.807) is 0 Å². The molecule has 0 aliphatic carbocycles. The van der Waals surface area contributed by atoms with E-state index in [1.807, 2.05) is 31.2 Å².